The second-order valence-electron chi connectivity index (χ2n) is 5.08. The fourth-order valence-corrected chi connectivity index (χ4v) is 2.03. The minimum Gasteiger partial charge on any atom is -0.477 e. The average molecular weight is 297 g/mol. The van der Waals surface area contributed by atoms with Gasteiger partial charge >= 0.3 is 5.97 Å². The zero-order chi connectivity index (χ0) is 15.7. The van der Waals surface area contributed by atoms with E-state index in [0.717, 1.165) is 17.7 Å². The van der Waals surface area contributed by atoms with E-state index < -0.39 is 23.4 Å². The summed E-state index contributed by atoms with van der Waals surface area (Å²) >= 11 is 0. The highest BCUT2D eigenvalue weighted by atomic mass is 19.2. The minimum atomic E-state index is -1.55. The maximum Gasteiger partial charge on any atom is 0.352 e. The van der Waals surface area contributed by atoms with Gasteiger partial charge in [-0.25, -0.2) is 18.0 Å². The van der Waals surface area contributed by atoms with Crippen LogP contribution in [0.3, 0.4) is 0 Å². The monoisotopic (exact) mass is 297 g/mol. The Bertz CT molecular complexity index is 692. The molecule has 0 aliphatic heterocycles. The van der Waals surface area contributed by atoms with Crippen LogP contribution in [-0.2, 0) is 6.54 Å². The molecule has 112 valence electrons. The number of hydrogen-bond donors (Lipinski definition) is 1. The SMILES string of the molecule is CC(C)c1cc(C(=O)O)n(Cc2ccc(F)c(F)c2F)c1. The second-order valence-corrected chi connectivity index (χ2v) is 5.08. The van der Waals surface area contributed by atoms with Gasteiger partial charge in [0.15, 0.2) is 17.5 Å². The Balaban J connectivity index is 2.44. The van der Waals surface area contributed by atoms with E-state index in [9.17, 15) is 18.0 Å². The quantitative estimate of drug-likeness (QED) is 0.873. The van der Waals surface area contributed by atoms with Crippen LogP contribution in [0.2, 0.25) is 0 Å². The Kier molecular flexibility index (Phi) is 4.06. The standard InChI is InChI=1S/C15H14F3NO2/c1-8(2)10-5-12(15(20)21)19(7-10)6-9-3-4-11(16)14(18)13(9)17/h3-5,7-8H,6H2,1-2H3,(H,20,21). The van der Waals surface area contributed by atoms with Gasteiger partial charge in [0.1, 0.15) is 5.69 Å². The van der Waals surface area contributed by atoms with Crippen molar-refractivity contribution in [2.45, 2.75) is 26.3 Å². The van der Waals surface area contributed by atoms with Crippen molar-refractivity contribution < 1.29 is 23.1 Å². The van der Waals surface area contributed by atoms with Crippen LogP contribution in [0.15, 0.2) is 24.4 Å². The van der Waals surface area contributed by atoms with Crippen LogP contribution < -0.4 is 0 Å². The first kappa shape index (κ1) is 15.2. The molecular formula is C15H14F3NO2. The van der Waals surface area contributed by atoms with Gasteiger partial charge in [-0.05, 0) is 23.6 Å². The molecule has 1 N–H and O–H groups in total. The third kappa shape index (κ3) is 2.94. The molecule has 2 aromatic rings. The van der Waals surface area contributed by atoms with E-state index in [1.807, 2.05) is 13.8 Å². The molecule has 21 heavy (non-hydrogen) atoms. The summed E-state index contributed by atoms with van der Waals surface area (Å²) in [5.41, 5.74) is 0.639. The Labute approximate surface area is 119 Å². The van der Waals surface area contributed by atoms with Gasteiger partial charge in [-0.3, -0.25) is 0 Å². The van der Waals surface area contributed by atoms with E-state index in [2.05, 4.69) is 0 Å². The maximum atomic E-state index is 13.7. The molecule has 0 amide bonds. The number of halogens is 3. The minimum absolute atomic E-state index is 0.0252. The fourth-order valence-electron chi connectivity index (χ4n) is 2.03. The van der Waals surface area contributed by atoms with Crippen LogP contribution in [-0.4, -0.2) is 15.6 Å². The van der Waals surface area contributed by atoms with Gasteiger partial charge in [0.25, 0.3) is 0 Å². The lowest BCUT2D eigenvalue weighted by Gasteiger charge is -2.08. The molecule has 0 aliphatic carbocycles. The lowest BCUT2D eigenvalue weighted by molar-refractivity contribution is 0.0685. The number of aromatic nitrogens is 1. The largest absolute Gasteiger partial charge is 0.477 e. The second kappa shape index (κ2) is 5.63. The van der Waals surface area contributed by atoms with E-state index in [4.69, 9.17) is 5.11 Å². The first-order valence-electron chi connectivity index (χ1n) is 6.37. The molecule has 0 saturated heterocycles. The summed E-state index contributed by atoms with van der Waals surface area (Å²) in [5.74, 6) is -5.19. The number of benzene rings is 1. The van der Waals surface area contributed by atoms with E-state index in [0.29, 0.717) is 0 Å². The van der Waals surface area contributed by atoms with Gasteiger partial charge in [-0.15, -0.1) is 0 Å². The summed E-state index contributed by atoms with van der Waals surface area (Å²) in [6, 6.07) is 3.42. The van der Waals surface area contributed by atoms with Crippen molar-refractivity contribution in [2.24, 2.45) is 0 Å². The molecule has 0 unspecified atom stereocenters. The smallest absolute Gasteiger partial charge is 0.352 e. The van der Waals surface area contributed by atoms with Crippen molar-refractivity contribution in [2.75, 3.05) is 0 Å². The number of hydrogen-bond acceptors (Lipinski definition) is 1. The zero-order valence-corrected chi connectivity index (χ0v) is 11.5. The van der Waals surface area contributed by atoms with Crippen molar-refractivity contribution in [3.05, 3.63) is 58.7 Å². The molecule has 0 atom stereocenters. The van der Waals surface area contributed by atoms with Gasteiger partial charge in [0, 0.05) is 11.8 Å². The van der Waals surface area contributed by atoms with E-state index in [1.54, 1.807) is 6.20 Å². The van der Waals surface area contributed by atoms with Crippen LogP contribution in [0.5, 0.6) is 0 Å². The molecule has 0 radical (unpaired) electrons. The molecule has 1 aromatic carbocycles. The van der Waals surface area contributed by atoms with Crippen LogP contribution in [0.4, 0.5) is 13.2 Å². The number of nitrogens with zero attached hydrogens (tertiary/aromatic N) is 1. The topological polar surface area (TPSA) is 42.2 Å². The van der Waals surface area contributed by atoms with Gasteiger partial charge < -0.3 is 9.67 Å². The molecule has 0 bridgehead atoms. The molecular weight excluding hydrogens is 283 g/mol. The highest BCUT2D eigenvalue weighted by molar-refractivity contribution is 5.86. The molecule has 0 spiro atoms. The Morgan fingerprint density at radius 1 is 1.24 bits per heavy atom. The summed E-state index contributed by atoms with van der Waals surface area (Å²) < 4.78 is 41.1. The first-order chi connectivity index (χ1) is 9.81. The molecule has 6 heteroatoms. The number of carboxylic acids is 1. The summed E-state index contributed by atoms with van der Waals surface area (Å²) in [7, 11) is 0. The van der Waals surface area contributed by atoms with Crippen molar-refractivity contribution >= 4 is 5.97 Å². The van der Waals surface area contributed by atoms with Crippen molar-refractivity contribution in [1.82, 2.24) is 4.57 Å². The summed E-state index contributed by atoms with van der Waals surface area (Å²) in [6.45, 7) is 3.60. The molecule has 1 aromatic heterocycles. The number of rotatable bonds is 4. The number of carbonyl (C=O) groups is 1. The zero-order valence-electron chi connectivity index (χ0n) is 11.5. The molecule has 0 saturated carbocycles. The Hall–Kier alpha value is -2.24. The van der Waals surface area contributed by atoms with Gasteiger partial charge in [0.05, 0.1) is 6.54 Å². The number of carboxylic acid groups (broad SMARTS) is 1. The lowest BCUT2D eigenvalue weighted by atomic mass is 10.1. The summed E-state index contributed by atoms with van der Waals surface area (Å²) in [5, 5.41) is 9.16. The van der Waals surface area contributed by atoms with Crippen LogP contribution in [0, 0.1) is 17.5 Å². The van der Waals surface area contributed by atoms with Gasteiger partial charge in [-0.2, -0.15) is 0 Å². The first-order valence-corrected chi connectivity index (χ1v) is 6.37. The average Bonchev–Trinajstić information content (AvgIpc) is 2.84. The van der Waals surface area contributed by atoms with Gasteiger partial charge in [0.2, 0.25) is 0 Å². The molecule has 0 fully saturated rings. The predicted octanol–water partition coefficient (Wildman–Crippen LogP) is 3.78. The lowest BCUT2D eigenvalue weighted by Crippen LogP contribution is -2.10. The van der Waals surface area contributed by atoms with Crippen LogP contribution >= 0.6 is 0 Å². The van der Waals surface area contributed by atoms with E-state index in [1.165, 1.54) is 10.6 Å². The van der Waals surface area contributed by atoms with Crippen LogP contribution in [0.1, 0.15) is 41.4 Å². The molecule has 3 nitrogen and oxygen atoms in total. The van der Waals surface area contributed by atoms with Crippen molar-refractivity contribution in [3.8, 4) is 0 Å². The highest BCUT2D eigenvalue weighted by Gasteiger charge is 2.18. The third-order valence-electron chi connectivity index (χ3n) is 3.26. The summed E-state index contributed by atoms with van der Waals surface area (Å²) in [6.07, 6.45) is 1.58. The Morgan fingerprint density at radius 3 is 2.48 bits per heavy atom. The molecule has 1 heterocycles. The third-order valence-corrected chi connectivity index (χ3v) is 3.26. The predicted molar refractivity (Wildman–Crippen MR) is 70.9 cm³/mol. The molecule has 2 rings (SSSR count). The van der Waals surface area contributed by atoms with E-state index in [-0.39, 0.29) is 23.7 Å². The Morgan fingerprint density at radius 2 is 1.90 bits per heavy atom. The van der Waals surface area contributed by atoms with E-state index >= 15 is 0 Å². The van der Waals surface area contributed by atoms with Crippen molar-refractivity contribution in [1.29, 1.82) is 0 Å². The maximum absolute atomic E-state index is 13.7. The fraction of sp³-hybridized carbons (Fsp3) is 0.267. The number of aromatic carboxylic acids is 1. The van der Waals surface area contributed by atoms with Crippen molar-refractivity contribution in [3.63, 3.8) is 0 Å². The normalized spacial score (nSPS) is 11.1. The highest BCUT2D eigenvalue weighted by Crippen LogP contribution is 2.21. The van der Waals surface area contributed by atoms with Crippen LogP contribution in [0.25, 0.3) is 0 Å². The summed E-state index contributed by atoms with van der Waals surface area (Å²) in [4.78, 5) is 11.2. The van der Waals surface area contributed by atoms with Gasteiger partial charge in [-0.1, -0.05) is 19.9 Å². The molecule has 0 aliphatic rings.